The van der Waals surface area contributed by atoms with Gasteiger partial charge in [-0.1, -0.05) is 60.7 Å². The maximum atomic E-state index is 12.5. The molecule has 4 nitrogen and oxygen atoms in total. The van der Waals surface area contributed by atoms with Crippen molar-refractivity contribution in [3.05, 3.63) is 95.6 Å². The lowest BCUT2D eigenvalue weighted by atomic mass is 9.97. The molecule has 0 unspecified atom stereocenters. The number of fused-ring (bicyclic) bond motifs is 3. The second kappa shape index (κ2) is 6.92. The third kappa shape index (κ3) is 3.13. The Balaban J connectivity index is 1.70. The van der Waals surface area contributed by atoms with Crippen LogP contribution in [0.2, 0.25) is 0 Å². The molecule has 132 valence electrons. The average molecular weight is 356 g/mol. The molecule has 1 N–H and O–H groups in total. The Morgan fingerprint density at radius 2 is 1.33 bits per heavy atom. The van der Waals surface area contributed by atoms with Gasteiger partial charge in [0.2, 0.25) is 0 Å². The lowest BCUT2D eigenvalue weighted by Crippen LogP contribution is -2.11. The van der Waals surface area contributed by atoms with Crippen LogP contribution < -0.4 is 0 Å². The molecule has 0 heterocycles. The quantitative estimate of drug-likeness (QED) is 0.411. The molecule has 0 saturated heterocycles. The number of aromatic carboxylic acids is 1. The fraction of sp³-hybridized carbons (Fsp3) is 0.0435. The number of hydrogen-bond donors (Lipinski definition) is 1. The number of carboxylic acid groups (broad SMARTS) is 1. The molecule has 4 aromatic rings. The summed E-state index contributed by atoms with van der Waals surface area (Å²) in [6.45, 7) is 0.0676. The molecule has 0 radical (unpaired) electrons. The van der Waals surface area contributed by atoms with Crippen molar-refractivity contribution in [1.82, 2.24) is 0 Å². The summed E-state index contributed by atoms with van der Waals surface area (Å²) in [5.41, 5.74) is 0.867. The van der Waals surface area contributed by atoms with Gasteiger partial charge in [0.05, 0.1) is 11.1 Å². The third-order valence-electron chi connectivity index (χ3n) is 4.59. The second-order valence-electron chi connectivity index (χ2n) is 6.23. The highest BCUT2D eigenvalue weighted by Gasteiger charge is 2.17. The number of benzene rings is 4. The molecule has 0 amide bonds. The number of carbonyl (C=O) groups excluding carboxylic acids is 1. The third-order valence-corrected chi connectivity index (χ3v) is 4.59. The van der Waals surface area contributed by atoms with Crippen LogP contribution in [0.4, 0.5) is 0 Å². The van der Waals surface area contributed by atoms with Crippen LogP contribution >= 0.6 is 0 Å². The average Bonchev–Trinajstić information content (AvgIpc) is 2.71. The number of carboxylic acids is 1. The molecule has 4 heteroatoms. The van der Waals surface area contributed by atoms with E-state index in [9.17, 15) is 14.7 Å². The van der Waals surface area contributed by atoms with Gasteiger partial charge >= 0.3 is 11.9 Å². The van der Waals surface area contributed by atoms with E-state index in [-0.39, 0.29) is 17.7 Å². The molecular weight excluding hydrogens is 340 g/mol. The van der Waals surface area contributed by atoms with Gasteiger partial charge in [0.1, 0.15) is 6.61 Å². The maximum Gasteiger partial charge on any atom is 0.339 e. The first kappa shape index (κ1) is 16.8. The van der Waals surface area contributed by atoms with Crippen LogP contribution in [0.1, 0.15) is 26.3 Å². The van der Waals surface area contributed by atoms with Gasteiger partial charge < -0.3 is 9.84 Å². The molecule has 4 rings (SSSR count). The smallest absolute Gasteiger partial charge is 0.339 e. The van der Waals surface area contributed by atoms with E-state index in [0.29, 0.717) is 0 Å². The molecule has 0 bridgehead atoms. The fourth-order valence-electron chi connectivity index (χ4n) is 3.32. The zero-order valence-corrected chi connectivity index (χ0v) is 14.4. The Labute approximate surface area is 155 Å². The number of rotatable bonds is 4. The number of ether oxygens (including phenoxy) is 1. The van der Waals surface area contributed by atoms with E-state index >= 15 is 0 Å². The highest BCUT2D eigenvalue weighted by molar-refractivity contribution is 6.09. The topological polar surface area (TPSA) is 63.6 Å². The van der Waals surface area contributed by atoms with E-state index in [1.54, 1.807) is 12.1 Å². The van der Waals surface area contributed by atoms with Crippen LogP contribution in [0.15, 0.2) is 78.9 Å². The zero-order valence-electron chi connectivity index (χ0n) is 14.4. The molecule has 4 aromatic carbocycles. The Bertz CT molecular complexity index is 1180. The summed E-state index contributed by atoms with van der Waals surface area (Å²) in [5, 5.41) is 13.6. The standard InChI is InChI=1S/C23H16O4/c24-22(25)20-11-5-6-12-21(20)23(26)27-14-16-13-15-7-1-2-8-17(15)19-10-4-3-9-18(16)19/h1-13H,14H2,(H,24,25). The van der Waals surface area contributed by atoms with Gasteiger partial charge in [-0.3, -0.25) is 0 Å². The Morgan fingerprint density at radius 1 is 0.741 bits per heavy atom. The summed E-state index contributed by atoms with van der Waals surface area (Å²) >= 11 is 0. The molecular formula is C23H16O4. The molecule has 0 fully saturated rings. The molecule has 0 spiro atoms. The predicted octanol–water partition coefficient (Wildman–Crippen LogP) is 5.05. The van der Waals surface area contributed by atoms with Gasteiger partial charge in [-0.05, 0) is 45.3 Å². The van der Waals surface area contributed by atoms with E-state index < -0.39 is 11.9 Å². The van der Waals surface area contributed by atoms with Crippen molar-refractivity contribution < 1.29 is 19.4 Å². The van der Waals surface area contributed by atoms with E-state index in [1.165, 1.54) is 12.1 Å². The van der Waals surface area contributed by atoms with Crippen molar-refractivity contribution in [1.29, 1.82) is 0 Å². The molecule has 0 aliphatic carbocycles. The van der Waals surface area contributed by atoms with Gasteiger partial charge in [-0.25, -0.2) is 9.59 Å². The maximum absolute atomic E-state index is 12.5. The van der Waals surface area contributed by atoms with E-state index in [4.69, 9.17) is 4.74 Å². The van der Waals surface area contributed by atoms with Gasteiger partial charge in [-0.15, -0.1) is 0 Å². The van der Waals surface area contributed by atoms with Gasteiger partial charge in [0.25, 0.3) is 0 Å². The minimum absolute atomic E-state index is 0.0510. The highest BCUT2D eigenvalue weighted by atomic mass is 16.5. The SMILES string of the molecule is O=C(O)c1ccccc1C(=O)OCc1cc2ccccc2c2ccccc12. The molecule has 0 saturated carbocycles. The van der Waals surface area contributed by atoms with Crippen molar-refractivity contribution in [2.75, 3.05) is 0 Å². The van der Waals surface area contributed by atoms with Crippen LogP contribution in [-0.4, -0.2) is 17.0 Å². The Kier molecular flexibility index (Phi) is 4.30. The monoisotopic (exact) mass is 356 g/mol. The molecule has 27 heavy (non-hydrogen) atoms. The summed E-state index contributed by atoms with van der Waals surface area (Å²) in [5.74, 6) is -1.80. The number of esters is 1. The van der Waals surface area contributed by atoms with E-state index in [2.05, 4.69) is 6.07 Å². The summed E-state index contributed by atoms with van der Waals surface area (Å²) in [4.78, 5) is 23.8. The van der Waals surface area contributed by atoms with Crippen LogP contribution in [0.3, 0.4) is 0 Å². The van der Waals surface area contributed by atoms with Crippen LogP contribution in [-0.2, 0) is 11.3 Å². The lowest BCUT2D eigenvalue weighted by molar-refractivity contribution is 0.0465. The summed E-state index contributed by atoms with van der Waals surface area (Å²) in [7, 11) is 0. The van der Waals surface area contributed by atoms with Crippen molar-refractivity contribution in [3.63, 3.8) is 0 Å². The van der Waals surface area contributed by atoms with E-state index in [1.807, 2.05) is 48.5 Å². The minimum Gasteiger partial charge on any atom is -0.478 e. The zero-order chi connectivity index (χ0) is 18.8. The lowest BCUT2D eigenvalue weighted by Gasteiger charge is -2.12. The highest BCUT2D eigenvalue weighted by Crippen LogP contribution is 2.29. The number of carbonyl (C=O) groups is 2. The first-order chi connectivity index (χ1) is 13.1. The summed E-state index contributed by atoms with van der Waals surface area (Å²) < 4.78 is 5.46. The molecule has 0 aliphatic heterocycles. The van der Waals surface area contributed by atoms with Gasteiger partial charge in [0, 0.05) is 0 Å². The second-order valence-corrected chi connectivity index (χ2v) is 6.23. The first-order valence-electron chi connectivity index (χ1n) is 8.54. The fourth-order valence-corrected chi connectivity index (χ4v) is 3.32. The summed E-state index contributed by atoms with van der Waals surface area (Å²) in [6.07, 6.45) is 0. The first-order valence-corrected chi connectivity index (χ1v) is 8.54. The van der Waals surface area contributed by atoms with Crippen molar-refractivity contribution >= 4 is 33.5 Å². The van der Waals surface area contributed by atoms with E-state index in [0.717, 1.165) is 27.1 Å². The van der Waals surface area contributed by atoms with Gasteiger partial charge in [0.15, 0.2) is 0 Å². The normalized spacial score (nSPS) is 10.8. The van der Waals surface area contributed by atoms with Crippen LogP contribution in [0.25, 0.3) is 21.5 Å². The van der Waals surface area contributed by atoms with Crippen molar-refractivity contribution in [2.45, 2.75) is 6.61 Å². The molecule has 0 aromatic heterocycles. The van der Waals surface area contributed by atoms with Crippen LogP contribution in [0.5, 0.6) is 0 Å². The Morgan fingerprint density at radius 3 is 2.07 bits per heavy atom. The molecule has 0 atom stereocenters. The largest absolute Gasteiger partial charge is 0.478 e. The Hall–Kier alpha value is -3.66. The minimum atomic E-state index is -1.15. The molecule has 0 aliphatic rings. The summed E-state index contributed by atoms with van der Waals surface area (Å²) in [6, 6.07) is 24.1. The van der Waals surface area contributed by atoms with Crippen molar-refractivity contribution in [3.8, 4) is 0 Å². The van der Waals surface area contributed by atoms with Gasteiger partial charge in [-0.2, -0.15) is 0 Å². The van der Waals surface area contributed by atoms with Crippen molar-refractivity contribution in [2.24, 2.45) is 0 Å². The van der Waals surface area contributed by atoms with Crippen LogP contribution in [0, 0.1) is 0 Å². The predicted molar refractivity (Wildman–Crippen MR) is 104 cm³/mol. The number of hydrogen-bond acceptors (Lipinski definition) is 3.